The van der Waals surface area contributed by atoms with Crippen LogP contribution in [0.4, 0.5) is 0 Å². The Kier molecular flexibility index (Phi) is 7.31. The Morgan fingerprint density at radius 3 is 1.73 bits per heavy atom. The number of hydrogen-bond donors (Lipinski definition) is 1. The highest BCUT2D eigenvalue weighted by Gasteiger charge is 2.21. The van der Waals surface area contributed by atoms with Gasteiger partial charge in [0, 0.05) is 0 Å². The molecule has 0 fully saturated rings. The Labute approximate surface area is 68.9 Å². The molecule has 3 heteroatoms. The Hall–Kier alpha value is -0.570. The van der Waals surface area contributed by atoms with Gasteiger partial charge in [-0.05, 0) is 13.8 Å². The summed E-state index contributed by atoms with van der Waals surface area (Å²) in [6.07, 6.45) is 1.25. The highest BCUT2D eigenvalue weighted by Crippen LogP contribution is 1.97. The molecular weight excluding hydrogens is 142 g/mol. The molecule has 0 spiro atoms. The first-order valence-electron chi connectivity index (χ1n) is 3.77. The van der Waals surface area contributed by atoms with Gasteiger partial charge in [-0.15, -0.1) is 0 Å². The largest absolute Gasteiger partial charge is 0.468 e. The average molecular weight is 161 g/mol. The SMILES string of the molecule is CCC.COC(=O)C(C)(C)N. The predicted molar refractivity (Wildman–Crippen MR) is 46.2 cm³/mol. The van der Waals surface area contributed by atoms with E-state index >= 15 is 0 Å². The molecule has 0 radical (unpaired) electrons. The van der Waals surface area contributed by atoms with Crippen LogP contribution in [-0.4, -0.2) is 18.6 Å². The van der Waals surface area contributed by atoms with Crippen molar-refractivity contribution in [3.05, 3.63) is 0 Å². The summed E-state index contributed by atoms with van der Waals surface area (Å²) in [5.41, 5.74) is 4.46. The fourth-order valence-corrected chi connectivity index (χ4v) is 0.263. The van der Waals surface area contributed by atoms with Gasteiger partial charge in [-0.25, -0.2) is 0 Å². The maximum absolute atomic E-state index is 10.5. The molecule has 0 heterocycles. The third-order valence-corrected chi connectivity index (χ3v) is 0.711. The first-order chi connectivity index (χ1) is 4.90. The molecule has 0 aromatic heterocycles. The van der Waals surface area contributed by atoms with Gasteiger partial charge in [-0.3, -0.25) is 4.79 Å². The summed E-state index contributed by atoms with van der Waals surface area (Å²) in [4.78, 5) is 10.5. The first-order valence-corrected chi connectivity index (χ1v) is 3.77. The smallest absolute Gasteiger partial charge is 0.325 e. The van der Waals surface area contributed by atoms with E-state index in [1.807, 2.05) is 0 Å². The van der Waals surface area contributed by atoms with E-state index in [1.54, 1.807) is 13.8 Å². The molecular formula is C8H19NO2. The number of ether oxygens (including phenoxy) is 1. The van der Waals surface area contributed by atoms with E-state index in [4.69, 9.17) is 5.73 Å². The van der Waals surface area contributed by atoms with Gasteiger partial charge >= 0.3 is 5.97 Å². The first kappa shape index (κ1) is 13.1. The molecule has 0 saturated heterocycles. The summed E-state index contributed by atoms with van der Waals surface area (Å²) in [6, 6.07) is 0. The quantitative estimate of drug-likeness (QED) is 0.590. The highest BCUT2D eigenvalue weighted by molar-refractivity contribution is 5.79. The minimum atomic E-state index is -0.852. The Morgan fingerprint density at radius 2 is 1.73 bits per heavy atom. The number of rotatable bonds is 1. The Bertz CT molecular complexity index is 105. The fraction of sp³-hybridized carbons (Fsp3) is 0.875. The molecule has 0 saturated carbocycles. The van der Waals surface area contributed by atoms with Crippen LogP contribution in [0.25, 0.3) is 0 Å². The van der Waals surface area contributed by atoms with Crippen LogP contribution in [-0.2, 0) is 9.53 Å². The molecule has 11 heavy (non-hydrogen) atoms. The van der Waals surface area contributed by atoms with Crippen LogP contribution in [0.2, 0.25) is 0 Å². The molecule has 0 aromatic rings. The molecule has 68 valence electrons. The standard InChI is InChI=1S/C5H11NO2.C3H8/c1-5(2,6)4(7)8-3;1-3-2/h6H2,1-3H3;3H2,1-2H3. The number of methoxy groups -OCH3 is 1. The van der Waals surface area contributed by atoms with Crippen molar-refractivity contribution in [3.63, 3.8) is 0 Å². The lowest BCUT2D eigenvalue weighted by Crippen LogP contribution is -2.42. The maximum atomic E-state index is 10.5. The zero-order chi connectivity index (χ0) is 9.49. The molecule has 0 aliphatic heterocycles. The minimum absolute atomic E-state index is 0.391. The average Bonchev–Trinajstić information content (AvgIpc) is 1.86. The van der Waals surface area contributed by atoms with Crippen LogP contribution in [0.15, 0.2) is 0 Å². The summed E-state index contributed by atoms with van der Waals surface area (Å²) in [5, 5.41) is 0. The third kappa shape index (κ3) is 9.43. The van der Waals surface area contributed by atoms with Crippen molar-refractivity contribution in [2.75, 3.05) is 7.11 Å². The summed E-state index contributed by atoms with van der Waals surface area (Å²) in [5.74, 6) is -0.391. The van der Waals surface area contributed by atoms with Gasteiger partial charge in [0.1, 0.15) is 5.54 Å². The van der Waals surface area contributed by atoms with Gasteiger partial charge in [0.2, 0.25) is 0 Å². The second kappa shape index (κ2) is 6.16. The lowest BCUT2D eigenvalue weighted by atomic mass is 10.1. The van der Waals surface area contributed by atoms with Crippen LogP contribution in [0.1, 0.15) is 34.1 Å². The number of carbonyl (C=O) groups is 1. The van der Waals surface area contributed by atoms with Crippen LogP contribution in [0, 0.1) is 0 Å². The lowest BCUT2D eigenvalue weighted by molar-refractivity contribution is -0.145. The summed E-state index contributed by atoms with van der Waals surface area (Å²) in [6.45, 7) is 7.44. The molecule has 0 amide bonds. The fourth-order valence-electron chi connectivity index (χ4n) is 0.263. The summed E-state index contributed by atoms with van der Waals surface area (Å²) < 4.78 is 4.35. The lowest BCUT2D eigenvalue weighted by Gasteiger charge is -2.13. The summed E-state index contributed by atoms with van der Waals surface area (Å²) in [7, 11) is 1.32. The van der Waals surface area contributed by atoms with E-state index in [9.17, 15) is 4.79 Å². The molecule has 3 nitrogen and oxygen atoms in total. The van der Waals surface area contributed by atoms with E-state index in [2.05, 4.69) is 18.6 Å². The van der Waals surface area contributed by atoms with Crippen molar-refractivity contribution in [1.82, 2.24) is 0 Å². The number of hydrogen-bond acceptors (Lipinski definition) is 3. The van der Waals surface area contributed by atoms with E-state index in [-0.39, 0.29) is 0 Å². The van der Waals surface area contributed by atoms with Gasteiger partial charge < -0.3 is 10.5 Å². The van der Waals surface area contributed by atoms with Gasteiger partial charge in [0.05, 0.1) is 7.11 Å². The molecule has 0 aliphatic carbocycles. The van der Waals surface area contributed by atoms with Crippen molar-refractivity contribution in [2.45, 2.75) is 39.7 Å². The molecule has 0 aliphatic rings. The van der Waals surface area contributed by atoms with Gasteiger partial charge in [0.25, 0.3) is 0 Å². The summed E-state index contributed by atoms with van der Waals surface area (Å²) >= 11 is 0. The zero-order valence-electron chi connectivity index (χ0n) is 8.10. The van der Waals surface area contributed by atoms with Gasteiger partial charge in [-0.2, -0.15) is 0 Å². The molecule has 0 aromatic carbocycles. The van der Waals surface area contributed by atoms with Crippen LogP contribution in [0.3, 0.4) is 0 Å². The Morgan fingerprint density at radius 1 is 1.45 bits per heavy atom. The molecule has 0 atom stereocenters. The zero-order valence-corrected chi connectivity index (χ0v) is 8.10. The normalized spacial score (nSPS) is 9.64. The van der Waals surface area contributed by atoms with Crippen molar-refractivity contribution in [3.8, 4) is 0 Å². The van der Waals surface area contributed by atoms with E-state index in [0.717, 1.165) is 0 Å². The molecule has 0 unspecified atom stereocenters. The number of esters is 1. The van der Waals surface area contributed by atoms with Crippen molar-refractivity contribution >= 4 is 5.97 Å². The van der Waals surface area contributed by atoms with Crippen LogP contribution < -0.4 is 5.73 Å². The van der Waals surface area contributed by atoms with Crippen molar-refractivity contribution in [2.24, 2.45) is 5.73 Å². The van der Waals surface area contributed by atoms with Gasteiger partial charge in [0.15, 0.2) is 0 Å². The van der Waals surface area contributed by atoms with Crippen LogP contribution >= 0.6 is 0 Å². The third-order valence-electron chi connectivity index (χ3n) is 0.711. The molecule has 2 N–H and O–H groups in total. The predicted octanol–water partition coefficient (Wildman–Crippen LogP) is 1.31. The van der Waals surface area contributed by atoms with Crippen molar-refractivity contribution in [1.29, 1.82) is 0 Å². The minimum Gasteiger partial charge on any atom is -0.468 e. The topological polar surface area (TPSA) is 52.3 Å². The van der Waals surface area contributed by atoms with Crippen LogP contribution in [0.5, 0.6) is 0 Å². The number of nitrogens with two attached hydrogens (primary N) is 1. The number of carbonyl (C=O) groups excluding carboxylic acids is 1. The molecule has 0 bridgehead atoms. The van der Waals surface area contributed by atoms with E-state index < -0.39 is 11.5 Å². The molecule has 0 rings (SSSR count). The van der Waals surface area contributed by atoms with E-state index in [1.165, 1.54) is 13.5 Å². The monoisotopic (exact) mass is 161 g/mol. The van der Waals surface area contributed by atoms with Crippen molar-refractivity contribution < 1.29 is 9.53 Å². The van der Waals surface area contributed by atoms with E-state index in [0.29, 0.717) is 0 Å². The highest BCUT2D eigenvalue weighted by atomic mass is 16.5. The maximum Gasteiger partial charge on any atom is 0.325 e. The van der Waals surface area contributed by atoms with Gasteiger partial charge in [-0.1, -0.05) is 20.3 Å². The Balaban J connectivity index is 0. The second-order valence-corrected chi connectivity index (χ2v) is 2.92. The second-order valence-electron chi connectivity index (χ2n) is 2.92.